The molecule has 4 nitrogen and oxygen atoms in total. The summed E-state index contributed by atoms with van der Waals surface area (Å²) in [6.45, 7) is 1.97. The molecular formula is C7H10N2O2S. The zero-order valence-electron chi connectivity index (χ0n) is 6.65. The molecule has 12 heavy (non-hydrogen) atoms. The third kappa shape index (κ3) is 1.80. The van der Waals surface area contributed by atoms with Crippen LogP contribution in [-0.4, -0.2) is 16.1 Å². The molecule has 0 aliphatic rings. The minimum absolute atomic E-state index is 0.448. The molecule has 0 saturated heterocycles. The standard InChI is InChI=1S/C7H10N2O2S/c1-2-5-9-4(3-12-5)6(8)7(10)11/h3,6H,2,8H2,1H3,(H,10,11)/t6-/m1/s1. The third-order valence-corrected chi connectivity index (χ3v) is 2.47. The molecule has 1 rings (SSSR count). The number of aliphatic carboxylic acids is 1. The zero-order valence-corrected chi connectivity index (χ0v) is 7.47. The first-order valence-corrected chi connectivity index (χ1v) is 4.45. The fourth-order valence-electron chi connectivity index (χ4n) is 0.757. The Hall–Kier alpha value is -0.940. The molecule has 1 aromatic heterocycles. The lowest BCUT2D eigenvalue weighted by molar-refractivity contribution is -0.138. The highest BCUT2D eigenvalue weighted by Crippen LogP contribution is 2.15. The van der Waals surface area contributed by atoms with Gasteiger partial charge in [0.1, 0.15) is 6.04 Å². The van der Waals surface area contributed by atoms with Crippen LogP contribution in [-0.2, 0) is 11.2 Å². The molecule has 0 aromatic carbocycles. The highest BCUT2D eigenvalue weighted by Gasteiger charge is 2.16. The summed E-state index contributed by atoms with van der Waals surface area (Å²) in [5.41, 5.74) is 5.80. The fraction of sp³-hybridized carbons (Fsp3) is 0.429. The van der Waals surface area contributed by atoms with Crippen molar-refractivity contribution < 1.29 is 9.90 Å². The van der Waals surface area contributed by atoms with Crippen molar-refractivity contribution in [2.75, 3.05) is 0 Å². The summed E-state index contributed by atoms with van der Waals surface area (Å²) in [7, 11) is 0. The molecule has 1 atom stereocenters. The quantitative estimate of drug-likeness (QED) is 0.731. The highest BCUT2D eigenvalue weighted by molar-refractivity contribution is 7.09. The van der Waals surface area contributed by atoms with Crippen LogP contribution < -0.4 is 5.73 Å². The number of rotatable bonds is 3. The van der Waals surface area contributed by atoms with Gasteiger partial charge in [0.2, 0.25) is 0 Å². The van der Waals surface area contributed by atoms with E-state index >= 15 is 0 Å². The van der Waals surface area contributed by atoms with Crippen LogP contribution in [0.2, 0.25) is 0 Å². The van der Waals surface area contributed by atoms with Gasteiger partial charge in [0.05, 0.1) is 10.7 Å². The van der Waals surface area contributed by atoms with Crippen molar-refractivity contribution >= 4 is 17.3 Å². The number of nitrogens with zero attached hydrogens (tertiary/aromatic N) is 1. The summed E-state index contributed by atoms with van der Waals surface area (Å²) >= 11 is 1.44. The van der Waals surface area contributed by atoms with Crippen molar-refractivity contribution in [3.05, 3.63) is 16.1 Å². The van der Waals surface area contributed by atoms with E-state index in [1.807, 2.05) is 6.92 Å². The van der Waals surface area contributed by atoms with Crippen molar-refractivity contribution in [2.45, 2.75) is 19.4 Å². The summed E-state index contributed by atoms with van der Waals surface area (Å²) in [6.07, 6.45) is 0.816. The van der Waals surface area contributed by atoms with Crippen LogP contribution in [0, 0.1) is 0 Å². The van der Waals surface area contributed by atoms with Crippen LogP contribution >= 0.6 is 11.3 Å². The average molecular weight is 186 g/mol. The lowest BCUT2D eigenvalue weighted by atomic mass is 10.2. The van der Waals surface area contributed by atoms with Gasteiger partial charge in [0.25, 0.3) is 0 Å². The SMILES string of the molecule is CCc1nc([C@@H](N)C(=O)O)cs1. The van der Waals surface area contributed by atoms with E-state index in [1.54, 1.807) is 5.38 Å². The first-order chi connectivity index (χ1) is 5.65. The molecule has 5 heteroatoms. The van der Waals surface area contributed by atoms with E-state index in [0.29, 0.717) is 5.69 Å². The number of nitrogens with two attached hydrogens (primary N) is 1. The smallest absolute Gasteiger partial charge is 0.326 e. The lowest BCUT2D eigenvalue weighted by Gasteiger charge is -1.99. The van der Waals surface area contributed by atoms with E-state index in [1.165, 1.54) is 11.3 Å². The average Bonchev–Trinajstić information content (AvgIpc) is 2.50. The van der Waals surface area contributed by atoms with E-state index in [0.717, 1.165) is 11.4 Å². The third-order valence-electron chi connectivity index (χ3n) is 1.46. The Labute approximate surface area is 74.0 Å². The van der Waals surface area contributed by atoms with Crippen molar-refractivity contribution in [3.63, 3.8) is 0 Å². The summed E-state index contributed by atoms with van der Waals surface area (Å²) in [4.78, 5) is 14.5. The Morgan fingerprint density at radius 2 is 2.58 bits per heavy atom. The van der Waals surface area contributed by atoms with Gasteiger partial charge in [-0.1, -0.05) is 6.92 Å². The maximum Gasteiger partial charge on any atom is 0.326 e. The van der Waals surface area contributed by atoms with Gasteiger partial charge in [0, 0.05) is 5.38 Å². The molecule has 0 aliphatic heterocycles. The Bertz CT molecular complexity index is 285. The molecule has 66 valence electrons. The molecule has 0 amide bonds. The number of thiazole rings is 1. The van der Waals surface area contributed by atoms with Crippen molar-refractivity contribution in [1.29, 1.82) is 0 Å². The normalized spacial score (nSPS) is 12.8. The molecule has 0 radical (unpaired) electrons. The number of aromatic nitrogens is 1. The maximum atomic E-state index is 10.4. The number of carbonyl (C=O) groups is 1. The maximum absolute atomic E-state index is 10.4. The summed E-state index contributed by atoms with van der Waals surface area (Å²) < 4.78 is 0. The number of carboxylic acid groups (broad SMARTS) is 1. The minimum Gasteiger partial charge on any atom is -0.480 e. The van der Waals surface area contributed by atoms with Gasteiger partial charge in [-0.2, -0.15) is 0 Å². The molecule has 0 spiro atoms. The fourth-order valence-corrected chi connectivity index (χ4v) is 1.54. The molecule has 0 unspecified atom stereocenters. The van der Waals surface area contributed by atoms with Gasteiger partial charge < -0.3 is 10.8 Å². The van der Waals surface area contributed by atoms with E-state index in [4.69, 9.17) is 10.8 Å². The molecule has 1 aromatic rings. The van der Waals surface area contributed by atoms with E-state index in [-0.39, 0.29) is 0 Å². The van der Waals surface area contributed by atoms with Crippen molar-refractivity contribution in [1.82, 2.24) is 4.98 Å². The Kier molecular flexibility index (Phi) is 2.78. The van der Waals surface area contributed by atoms with Crippen LogP contribution in [0.3, 0.4) is 0 Å². The van der Waals surface area contributed by atoms with Crippen molar-refractivity contribution in [3.8, 4) is 0 Å². The predicted molar refractivity (Wildman–Crippen MR) is 46.1 cm³/mol. The molecule has 0 aliphatic carbocycles. The molecule has 0 bridgehead atoms. The van der Waals surface area contributed by atoms with Gasteiger partial charge in [0.15, 0.2) is 0 Å². The van der Waals surface area contributed by atoms with Crippen LogP contribution in [0.25, 0.3) is 0 Å². The van der Waals surface area contributed by atoms with Gasteiger partial charge in [-0.25, -0.2) is 4.98 Å². The zero-order chi connectivity index (χ0) is 9.14. The molecule has 1 heterocycles. The Morgan fingerprint density at radius 1 is 1.92 bits per heavy atom. The van der Waals surface area contributed by atoms with Crippen molar-refractivity contribution in [2.24, 2.45) is 5.73 Å². The van der Waals surface area contributed by atoms with E-state index < -0.39 is 12.0 Å². The molecular weight excluding hydrogens is 176 g/mol. The second-order valence-electron chi connectivity index (χ2n) is 2.34. The molecule has 0 saturated carbocycles. The van der Waals surface area contributed by atoms with Crippen LogP contribution in [0.1, 0.15) is 23.7 Å². The molecule has 3 N–H and O–H groups in total. The van der Waals surface area contributed by atoms with Gasteiger partial charge in [-0.05, 0) is 6.42 Å². The van der Waals surface area contributed by atoms with Crippen LogP contribution in [0.5, 0.6) is 0 Å². The summed E-state index contributed by atoms with van der Waals surface area (Å²) in [5, 5.41) is 11.2. The summed E-state index contributed by atoms with van der Waals surface area (Å²) in [6, 6.07) is -0.985. The van der Waals surface area contributed by atoms with E-state index in [9.17, 15) is 4.79 Å². The van der Waals surface area contributed by atoms with Gasteiger partial charge >= 0.3 is 5.97 Å². The summed E-state index contributed by atoms with van der Waals surface area (Å²) in [5.74, 6) is -1.04. The Balaban J connectivity index is 2.81. The van der Waals surface area contributed by atoms with Crippen LogP contribution in [0.15, 0.2) is 5.38 Å². The second-order valence-corrected chi connectivity index (χ2v) is 3.28. The first kappa shape index (κ1) is 9.15. The number of aryl methyl sites for hydroxylation is 1. The Morgan fingerprint density at radius 3 is 3.00 bits per heavy atom. The van der Waals surface area contributed by atoms with E-state index in [2.05, 4.69) is 4.98 Å². The minimum atomic E-state index is -1.04. The van der Waals surface area contributed by atoms with Gasteiger partial charge in [-0.3, -0.25) is 4.79 Å². The lowest BCUT2D eigenvalue weighted by Crippen LogP contribution is -2.20. The number of hydrogen-bond acceptors (Lipinski definition) is 4. The number of carboxylic acids is 1. The van der Waals surface area contributed by atoms with Gasteiger partial charge in [-0.15, -0.1) is 11.3 Å². The first-order valence-electron chi connectivity index (χ1n) is 3.57. The monoisotopic (exact) mass is 186 g/mol. The number of hydrogen-bond donors (Lipinski definition) is 2. The topological polar surface area (TPSA) is 76.2 Å². The second kappa shape index (κ2) is 3.64. The van der Waals surface area contributed by atoms with Crippen LogP contribution in [0.4, 0.5) is 0 Å². The highest BCUT2D eigenvalue weighted by atomic mass is 32.1. The largest absolute Gasteiger partial charge is 0.480 e. The predicted octanol–water partition coefficient (Wildman–Crippen LogP) is 0.790. The molecule has 0 fully saturated rings.